The van der Waals surface area contributed by atoms with E-state index in [9.17, 15) is 4.79 Å². The molecule has 16 heavy (non-hydrogen) atoms. The Morgan fingerprint density at radius 3 is 2.88 bits per heavy atom. The number of pyridine rings is 1. The van der Waals surface area contributed by atoms with E-state index in [4.69, 9.17) is 0 Å². The number of hydrogen-bond donors (Lipinski definition) is 3. The van der Waals surface area contributed by atoms with Gasteiger partial charge in [0.05, 0.1) is 11.7 Å². The highest BCUT2D eigenvalue weighted by atomic mass is 35.5. The Morgan fingerprint density at radius 2 is 2.12 bits per heavy atom. The van der Waals surface area contributed by atoms with Gasteiger partial charge in [0.2, 0.25) is 0 Å². The smallest absolute Gasteiger partial charge is 0.304 e. The summed E-state index contributed by atoms with van der Waals surface area (Å²) in [5.74, 6) is 0. The van der Waals surface area contributed by atoms with Gasteiger partial charge >= 0.3 is 5.69 Å². The number of fused-ring (bicyclic) bond motifs is 1. The molecular weight excluding hydrogens is 230 g/mol. The first-order chi connectivity index (χ1) is 7.34. The second-order valence-electron chi connectivity index (χ2n) is 3.15. The molecule has 0 aliphatic heterocycles. The molecule has 3 aromatic heterocycles. The molecule has 0 aliphatic rings. The highest BCUT2D eigenvalue weighted by molar-refractivity contribution is 5.88. The van der Waals surface area contributed by atoms with Crippen LogP contribution in [-0.2, 0) is 0 Å². The van der Waals surface area contributed by atoms with Crippen LogP contribution in [0.15, 0.2) is 29.5 Å². The molecule has 0 amide bonds. The number of aromatic nitrogens is 5. The molecule has 0 atom stereocenters. The van der Waals surface area contributed by atoms with Crippen LogP contribution in [0.4, 0.5) is 0 Å². The molecule has 0 bridgehead atoms. The highest BCUT2D eigenvalue weighted by Crippen LogP contribution is 2.22. The SMILES string of the molecule is Cl.O=c1[nH]c2nccc(-c3cn[nH]c3)c2[nH]1. The van der Waals surface area contributed by atoms with Gasteiger partial charge in [-0.3, -0.25) is 10.1 Å². The number of H-pyrrole nitrogens is 3. The molecule has 3 N–H and O–H groups in total. The molecule has 0 unspecified atom stereocenters. The van der Waals surface area contributed by atoms with Crippen LogP contribution < -0.4 is 5.69 Å². The predicted octanol–water partition coefficient (Wildman–Crippen LogP) is 1.06. The van der Waals surface area contributed by atoms with E-state index in [-0.39, 0.29) is 18.1 Å². The fourth-order valence-electron chi connectivity index (χ4n) is 1.57. The van der Waals surface area contributed by atoms with Crippen molar-refractivity contribution in [1.82, 2.24) is 25.1 Å². The van der Waals surface area contributed by atoms with Gasteiger partial charge in [-0.25, -0.2) is 9.78 Å². The summed E-state index contributed by atoms with van der Waals surface area (Å²) >= 11 is 0. The average Bonchev–Trinajstić information content (AvgIpc) is 2.82. The van der Waals surface area contributed by atoms with Crippen LogP contribution in [0.2, 0.25) is 0 Å². The summed E-state index contributed by atoms with van der Waals surface area (Å²) in [4.78, 5) is 20.5. The Balaban J connectivity index is 0.000000963. The van der Waals surface area contributed by atoms with E-state index in [0.29, 0.717) is 11.2 Å². The largest absolute Gasteiger partial charge is 0.325 e. The van der Waals surface area contributed by atoms with Gasteiger partial charge in [-0.15, -0.1) is 12.4 Å². The lowest BCUT2D eigenvalue weighted by Gasteiger charge is -1.96. The van der Waals surface area contributed by atoms with Gasteiger partial charge in [-0.05, 0) is 6.07 Å². The topological polar surface area (TPSA) is 90.2 Å². The van der Waals surface area contributed by atoms with Gasteiger partial charge in [-0.2, -0.15) is 5.10 Å². The van der Waals surface area contributed by atoms with Crippen LogP contribution in [0, 0.1) is 0 Å². The molecular formula is C9H8ClN5O. The summed E-state index contributed by atoms with van der Waals surface area (Å²) in [5, 5.41) is 6.59. The molecule has 0 aliphatic carbocycles. The number of hydrogen-bond acceptors (Lipinski definition) is 3. The summed E-state index contributed by atoms with van der Waals surface area (Å²) < 4.78 is 0. The van der Waals surface area contributed by atoms with Gasteiger partial charge in [-0.1, -0.05) is 0 Å². The maximum Gasteiger partial charge on any atom is 0.325 e. The Bertz CT molecular complexity index is 654. The molecule has 6 nitrogen and oxygen atoms in total. The summed E-state index contributed by atoms with van der Waals surface area (Å²) in [6.07, 6.45) is 5.11. The normalized spacial score (nSPS) is 10.2. The van der Waals surface area contributed by atoms with Gasteiger partial charge in [0.25, 0.3) is 0 Å². The third kappa shape index (κ3) is 1.49. The Hall–Kier alpha value is -2.08. The van der Waals surface area contributed by atoms with Crippen LogP contribution >= 0.6 is 12.4 Å². The maximum absolute atomic E-state index is 11.1. The fraction of sp³-hybridized carbons (Fsp3) is 0. The lowest BCUT2D eigenvalue weighted by Crippen LogP contribution is -1.99. The van der Waals surface area contributed by atoms with Crippen molar-refractivity contribution in [3.63, 3.8) is 0 Å². The van der Waals surface area contributed by atoms with Gasteiger partial charge in [0.15, 0.2) is 5.65 Å². The maximum atomic E-state index is 11.1. The zero-order valence-corrected chi connectivity index (χ0v) is 8.84. The van der Waals surface area contributed by atoms with Crippen LogP contribution in [0.5, 0.6) is 0 Å². The molecule has 0 saturated carbocycles. The summed E-state index contributed by atoms with van der Waals surface area (Å²) in [5.41, 5.74) is 2.81. The van der Waals surface area contributed by atoms with Crippen molar-refractivity contribution in [2.45, 2.75) is 0 Å². The lowest BCUT2D eigenvalue weighted by molar-refractivity contribution is 1.09. The summed E-state index contributed by atoms with van der Waals surface area (Å²) in [6, 6.07) is 1.83. The standard InChI is InChI=1S/C9H7N5O.ClH/c15-9-13-7-6(5-3-11-12-4-5)1-2-10-8(7)14-9;/h1-4H,(H,11,12)(H2,10,13,14,15);1H. The van der Waals surface area contributed by atoms with Crippen molar-refractivity contribution >= 4 is 23.6 Å². The first-order valence-corrected chi connectivity index (χ1v) is 4.41. The summed E-state index contributed by atoms with van der Waals surface area (Å²) in [7, 11) is 0. The minimum absolute atomic E-state index is 0. The van der Waals surface area contributed by atoms with Gasteiger partial charge in [0, 0.05) is 23.5 Å². The van der Waals surface area contributed by atoms with Crippen LogP contribution in [0.1, 0.15) is 0 Å². The molecule has 7 heteroatoms. The molecule has 0 spiro atoms. The number of rotatable bonds is 1. The molecule has 0 saturated heterocycles. The zero-order valence-electron chi connectivity index (χ0n) is 8.02. The Morgan fingerprint density at radius 1 is 1.25 bits per heavy atom. The fourth-order valence-corrected chi connectivity index (χ4v) is 1.57. The molecule has 0 radical (unpaired) electrons. The van der Waals surface area contributed by atoms with Crippen molar-refractivity contribution in [2.24, 2.45) is 0 Å². The second-order valence-corrected chi connectivity index (χ2v) is 3.15. The van der Waals surface area contributed by atoms with Crippen molar-refractivity contribution in [2.75, 3.05) is 0 Å². The van der Waals surface area contributed by atoms with E-state index in [2.05, 4.69) is 25.1 Å². The van der Waals surface area contributed by atoms with E-state index in [1.807, 2.05) is 6.07 Å². The lowest BCUT2D eigenvalue weighted by atomic mass is 10.1. The third-order valence-corrected chi connectivity index (χ3v) is 2.23. The first kappa shape index (κ1) is 10.4. The number of imidazole rings is 1. The molecule has 3 aromatic rings. The zero-order chi connectivity index (χ0) is 10.3. The van der Waals surface area contributed by atoms with Crippen molar-refractivity contribution in [1.29, 1.82) is 0 Å². The molecule has 3 rings (SSSR count). The molecule has 0 aromatic carbocycles. The molecule has 0 fully saturated rings. The average molecular weight is 238 g/mol. The van der Waals surface area contributed by atoms with E-state index < -0.39 is 0 Å². The second kappa shape index (κ2) is 3.82. The number of aromatic amines is 3. The Kier molecular flexibility index (Phi) is 2.49. The van der Waals surface area contributed by atoms with E-state index in [1.54, 1.807) is 18.6 Å². The van der Waals surface area contributed by atoms with E-state index >= 15 is 0 Å². The van der Waals surface area contributed by atoms with Crippen molar-refractivity contribution in [3.8, 4) is 11.1 Å². The van der Waals surface area contributed by atoms with Gasteiger partial charge < -0.3 is 4.98 Å². The van der Waals surface area contributed by atoms with Crippen molar-refractivity contribution < 1.29 is 0 Å². The van der Waals surface area contributed by atoms with Crippen LogP contribution in [0.25, 0.3) is 22.3 Å². The van der Waals surface area contributed by atoms with Crippen LogP contribution in [0.3, 0.4) is 0 Å². The van der Waals surface area contributed by atoms with Crippen LogP contribution in [-0.4, -0.2) is 25.1 Å². The predicted molar refractivity (Wildman–Crippen MR) is 61.5 cm³/mol. The Labute approximate surface area is 95.5 Å². The number of nitrogens with one attached hydrogen (secondary N) is 3. The highest BCUT2D eigenvalue weighted by Gasteiger charge is 2.07. The molecule has 82 valence electrons. The van der Waals surface area contributed by atoms with Crippen molar-refractivity contribution in [3.05, 3.63) is 35.1 Å². The minimum Gasteiger partial charge on any atom is -0.304 e. The molecule has 3 heterocycles. The number of halogens is 1. The van der Waals surface area contributed by atoms with Gasteiger partial charge in [0.1, 0.15) is 0 Å². The summed E-state index contributed by atoms with van der Waals surface area (Å²) in [6.45, 7) is 0. The monoisotopic (exact) mass is 237 g/mol. The first-order valence-electron chi connectivity index (χ1n) is 4.41. The third-order valence-electron chi connectivity index (χ3n) is 2.23. The quantitative estimate of drug-likeness (QED) is 0.591. The minimum atomic E-state index is -0.256. The number of nitrogens with zero attached hydrogens (tertiary/aromatic N) is 2. The van der Waals surface area contributed by atoms with E-state index in [1.165, 1.54) is 0 Å². The van der Waals surface area contributed by atoms with E-state index in [0.717, 1.165) is 11.1 Å².